The number of nitrogens with one attached hydrogen (secondary N) is 2. The Kier molecular flexibility index (Phi) is 6.69. The Labute approximate surface area is 119 Å². The first-order valence-corrected chi connectivity index (χ1v) is 6.36. The molecule has 6 heteroatoms. The van der Waals surface area contributed by atoms with Crippen LogP contribution in [-0.2, 0) is 9.53 Å². The highest BCUT2D eigenvalue weighted by molar-refractivity contribution is 5.97. The third-order valence-electron chi connectivity index (χ3n) is 2.57. The molecule has 0 unspecified atom stereocenters. The zero-order valence-electron chi connectivity index (χ0n) is 12.1. The van der Waals surface area contributed by atoms with Gasteiger partial charge in [0.15, 0.2) is 0 Å². The average Bonchev–Trinajstić information content (AvgIpc) is 2.43. The van der Waals surface area contributed by atoms with Crippen LogP contribution in [0.25, 0.3) is 0 Å². The normalized spacial score (nSPS) is 10.2. The predicted octanol–water partition coefficient (Wildman–Crippen LogP) is 0.563. The Balaban J connectivity index is 2.53. The highest BCUT2D eigenvalue weighted by Crippen LogP contribution is 2.11. The number of rotatable bonds is 7. The molecule has 1 aromatic carbocycles. The number of amides is 2. The van der Waals surface area contributed by atoms with E-state index in [0.29, 0.717) is 24.4 Å². The second-order valence-electron chi connectivity index (χ2n) is 4.50. The first-order chi connectivity index (χ1) is 9.54. The van der Waals surface area contributed by atoms with Crippen molar-refractivity contribution in [1.82, 2.24) is 10.2 Å². The molecule has 1 aromatic rings. The molecule has 0 bridgehead atoms. The number of carbonyl (C=O) groups excluding carboxylic acids is 2. The summed E-state index contributed by atoms with van der Waals surface area (Å²) in [6, 6.07) is 6.87. The minimum absolute atomic E-state index is 0.0979. The van der Waals surface area contributed by atoms with Crippen molar-refractivity contribution in [3.05, 3.63) is 29.8 Å². The summed E-state index contributed by atoms with van der Waals surface area (Å²) >= 11 is 0. The summed E-state index contributed by atoms with van der Waals surface area (Å²) in [5.41, 5.74) is 1.15. The zero-order valence-corrected chi connectivity index (χ0v) is 12.1. The standard InChI is InChI=1S/C14H21N3O3/c1-17(2)14(19)11-5-4-6-12(9-11)16-13(18)10-15-7-8-20-3/h4-6,9,15H,7-8,10H2,1-3H3,(H,16,18). The summed E-state index contributed by atoms with van der Waals surface area (Å²) in [5.74, 6) is -0.255. The van der Waals surface area contributed by atoms with Crippen molar-refractivity contribution in [2.75, 3.05) is 46.2 Å². The topological polar surface area (TPSA) is 70.7 Å². The van der Waals surface area contributed by atoms with Gasteiger partial charge in [-0.25, -0.2) is 0 Å². The third kappa shape index (κ3) is 5.38. The summed E-state index contributed by atoms with van der Waals surface area (Å²) in [7, 11) is 4.98. The number of ether oxygens (including phenoxy) is 1. The Bertz CT molecular complexity index is 461. The number of hydrogen-bond acceptors (Lipinski definition) is 4. The number of benzene rings is 1. The summed E-state index contributed by atoms with van der Waals surface area (Å²) < 4.78 is 4.87. The fourth-order valence-corrected chi connectivity index (χ4v) is 1.57. The van der Waals surface area contributed by atoms with Gasteiger partial charge in [0, 0.05) is 39.0 Å². The van der Waals surface area contributed by atoms with E-state index in [-0.39, 0.29) is 18.4 Å². The van der Waals surface area contributed by atoms with Crippen molar-refractivity contribution in [3.63, 3.8) is 0 Å². The fraction of sp³-hybridized carbons (Fsp3) is 0.429. The van der Waals surface area contributed by atoms with Gasteiger partial charge >= 0.3 is 0 Å². The van der Waals surface area contributed by atoms with Gasteiger partial charge in [-0.05, 0) is 18.2 Å². The molecular formula is C14H21N3O3. The van der Waals surface area contributed by atoms with Crippen molar-refractivity contribution in [3.8, 4) is 0 Å². The van der Waals surface area contributed by atoms with E-state index in [2.05, 4.69) is 10.6 Å². The maximum absolute atomic E-state index is 11.8. The molecule has 110 valence electrons. The maximum atomic E-state index is 11.8. The molecule has 0 aliphatic rings. The van der Waals surface area contributed by atoms with E-state index < -0.39 is 0 Å². The minimum Gasteiger partial charge on any atom is -0.383 e. The van der Waals surface area contributed by atoms with E-state index >= 15 is 0 Å². The lowest BCUT2D eigenvalue weighted by atomic mass is 10.2. The van der Waals surface area contributed by atoms with Crippen molar-refractivity contribution in [2.24, 2.45) is 0 Å². The molecule has 0 aliphatic carbocycles. The highest BCUT2D eigenvalue weighted by atomic mass is 16.5. The molecular weight excluding hydrogens is 258 g/mol. The Hall–Kier alpha value is -1.92. The molecule has 0 heterocycles. The van der Waals surface area contributed by atoms with E-state index in [0.717, 1.165) is 0 Å². The van der Waals surface area contributed by atoms with Crippen molar-refractivity contribution >= 4 is 17.5 Å². The van der Waals surface area contributed by atoms with Gasteiger partial charge in [0.2, 0.25) is 5.91 Å². The zero-order chi connectivity index (χ0) is 15.0. The largest absolute Gasteiger partial charge is 0.383 e. The van der Waals surface area contributed by atoms with E-state index in [4.69, 9.17) is 4.74 Å². The van der Waals surface area contributed by atoms with Crippen LogP contribution in [0.15, 0.2) is 24.3 Å². The van der Waals surface area contributed by atoms with Crippen molar-refractivity contribution in [1.29, 1.82) is 0 Å². The molecule has 6 nitrogen and oxygen atoms in total. The van der Waals surface area contributed by atoms with Crippen molar-refractivity contribution in [2.45, 2.75) is 0 Å². The monoisotopic (exact) mass is 279 g/mol. The van der Waals surface area contributed by atoms with Crippen LogP contribution < -0.4 is 10.6 Å². The van der Waals surface area contributed by atoms with E-state index in [9.17, 15) is 9.59 Å². The van der Waals surface area contributed by atoms with Gasteiger partial charge in [-0.3, -0.25) is 9.59 Å². The Morgan fingerprint density at radius 1 is 1.30 bits per heavy atom. The SMILES string of the molecule is COCCNCC(=O)Nc1cccc(C(=O)N(C)C)c1. The van der Waals surface area contributed by atoms with Crippen LogP contribution in [-0.4, -0.2) is 57.6 Å². The Morgan fingerprint density at radius 2 is 2.05 bits per heavy atom. The van der Waals surface area contributed by atoms with Crippen LogP contribution in [0.2, 0.25) is 0 Å². The lowest BCUT2D eigenvalue weighted by molar-refractivity contribution is -0.115. The van der Waals surface area contributed by atoms with Crippen LogP contribution in [0.3, 0.4) is 0 Å². The first-order valence-electron chi connectivity index (χ1n) is 6.36. The molecule has 0 fully saturated rings. The van der Waals surface area contributed by atoms with Gasteiger partial charge < -0.3 is 20.3 Å². The smallest absolute Gasteiger partial charge is 0.253 e. The molecule has 2 N–H and O–H groups in total. The average molecular weight is 279 g/mol. The van der Waals surface area contributed by atoms with Gasteiger partial charge in [-0.1, -0.05) is 6.07 Å². The summed E-state index contributed by atoms with van der Waals surface area (Å²) in [5, 5.41) is 5.69. The van der Waals surface area contributed by atoms with Crippen LogP contribution in [0.4, 0.5) is 5.69 Å². The van der Waals surface area contributed by atoms with Gasteiger partial charge in [0.25, 0.3) is 5.91 Å². The molecule has 20 heavy (non-hydrogen) atoms. The highest BCUT2D eigenvalue weighted by Gasteiger charge is 2.09. The Morgan fingerprint density at radius 3 is 2.70 bits per heavy atom. The molecule has 0 atom stereocenters. The minimum atomic E-state index is -0.157. The van der Waals surface area contributed by atoms with Gasteiger partial charge in [-0.2, -0.15) is 0 Å². The number of methoxy groups -OCH3 is 1. The molecule has 0 saturated heterocycles. The van der Waals surface area contributed by atoms with Gasteiger partial charge in [0.1, 0.15) is 0 Å². The number of carbonyl (C=O) groups is 2. The van der Waals surface area contributed by atoms with Crippen LogP contribution >= 0.6 is 0 Å². The molecule has 1 rings (SSSR count). The summed E-state index contributed by atoms with van der Waals surface area (Å²) in [4.78, 5) is 25.0. The van der Waals surface area contributed by atoms with Crippen LogP contribution in [0.1, 0.15) is 10.4 Å². The number of anilines is 1. The molecule has 0 aliphatic heterocycles. The fourth-order valence-electron chi connectivity index (χ4n) is 1.57. The predicted molar refractivity (Wildman–Crippen MR) is 77.8 cm³/mol. The number of hydrogen-bond donors (Lipinski definition) is 2. The van der Waals surface area contributed by atoms with E-state index in [1.807, 2.05) is 0 Å². The molecule has 0 spiro atoms. The van der Waals surface area contributed by atoms with Gasteiger partial charge in [-0.15, -0.1) is 0 Å². The lowest BCUT2D eigenvalue weighted by Gasteiger charge is -2.12. The second-order valence-corrected chi connectivity index (χ2v) is 4.50. The number of nitrogens with zero attached hydrogens (tertiary/aromatic N) is 1. The quantitative estimate of drug-likeness (QED) is 0.716. The van der Waals surface area contributed by atoms with E-state index in [1.54, 1.807) is 45.5 Å². The summed E-state index contributed by atoms with van der Waals surface area (Å²) in [6.07, 6.45) is 0. The molecule has 0 saturated carbocycles. The van der Waals surface area contributed by atoms with Crippen molar-refractivity contribution < 1.29 is 14.3 Å². The molecule has 0 radical (unpaired) electrons. The van der Waals surface area contributed by atoms with E-state index in [1.165, 1.54) is 4.90 Å². The second kappa shape index (κ2) is 8.29. The summed E-state index contributed by atoms with van der Waals surface area (Å²) in [6.45, 7) is 1.37. The van der Waals surface area contributed by atoms with Gasteiger partial charge in [0.05, 0.1) is 13.2 Å². The molecule has 0 aromatic heterocycles. The maximum Gasteiger partial charge on any atom is 0.253 e. The van der Waals surface area contributed by atoms with Crippen LogP contribution in [0.5, 0.6) is 0 Å². The third-order valence-corrected chi connectivity index (χ3v) is 2.57. The lowest BCUT2D eigenvalue weighted by Crippen LogP contribution is -2.30. The van der Waals surface area contributed by atoms with Crippen LogP contribution in [0, 0.1) is 0 Å². The first kappa shape index (κ1) is 16.1. The molecule has 2 amide bonds.